The van der Waals surface area contributed by atoms with Crippen LogP contribution in [0.2, 0.25) is 0 Å². The topological polar surface area (TPSA) is 44.5 Å². The van der Waals surface area contributed by atoms with Crippen LogP contribution in [0.4, 0.5) is 5.69 Å². The Kier molecular flexibility index (Phi) is 3.97. The highest BCUT2D eigenvalue weighted by Crippen LogP contribution is 2.33. The Bertz CT molecular complexity index is 749. The summed E-state index contributed by atoms with van der Waals surface area (Å²) >= 11 is 0. The Labute approximate surface area is 129 Å². The minimum Gasteiger partial charge on any atom is -0.497 e. The van der Waals surface area contributed by atoms with Crippen LogP contribution in [0.15, 0.2) is 72.8 Å². The predicted octanol–water partition coefficient (Wildman–Crippen LogP) is 4.74. The van der Waals surface area contributed by atoms with Crippen LogP contribution in [0, 0.1) is 0 Å². The van der Waals surface area contributed by atoms with Gasteiger partial charge in [0.25, 0.3) is 0 Å². The summed E-state index contributed by atoms with van der Waals surface area (Å²) in [6.45, 7) is 0. The van der Waals surface area contributed by atoms with Gasteiger partial charge in [0.15, 0.2) is 0 Å². The van der Waals surface area contributed by atoms with E-state index in [0.717, 1.165) is 34.1 Å². The molecule has 0 saturated carbocycles. The number of benzene rings is 3. The van der Waals surface area contributed by atoms with Crippen molar-refractivity contribution >= 4 is 5.69 Å². The molecule has 3 aromatic carbocycles. The summed E-state index contributed by atoms with van der Waals surface area (Å²) in [6, 6.07) is 23.2. The molecule has 0 aromatic heterocycles. The van der Waals surface area contributed by atoms with Crippen molar-refractivity contribution in [3.05, 3.63) is 72.8 Å². The van der Waals surface area contributed by atoms with Crippen LogP contribution in [0.5, 0.6) is 17.2 Å². The lowest BCUT2D eigenvalue weighted by atomic mass is 10.0. The first kappa shape index (κ1) is 14.0. The van der Waals surface area contributed by atoms with Gasteiger partial charge < -0.3 is 15.2 Å². The zero-order valence-corrected chi connectivity index (χ0v) is 12.3. The molecule has 3 rings (SSSR count). The van der Waals surface area contributed by atoms with Gasteiger partial charge in [-0.25, -0.2) is 0 Å². The minimum absolute atomic E-state index is 0.748. The van der Waals surface area contributed by atoms with Crippen LogP contribution in [0.3, 0.4) is 0 Å². The Morgan fingerprint density at radius 2 is 1.36 bits per heavy atom. The number of nitrogens with two attached hydrogens (primary N) is 1. The summed E-state index contributed by atoms with van der Waals surface area (Å²) in [7, 11) is 1.65. The van der Waals surface area contributed by atoms with Crippen LogP contribution < -0.4 is 15.2 Å². The first-order valence-electron chi connectivity index (χ1n) is 7.03. The second kappa shape index (κ2) is 6.22. The number of nitrogen functional groups attached to an aromatic ring is 1. The Morgan fingerprint density at radius 1 is 0.727 bits per heavy atom. The number of methoxy groups -OCH3 is 1. The number of ether oxygens (including phenoxy) is 2. The maximum absolute atomic E-state index is 6.01. The summed E-state index contributed by atoms with van der Waals surface area (Å²) < 4.78 is 11.2. The average Bonchev–Trinajstić information content (AvgIpc) is 2.57. The Hall–Kier alpha value is -2.94. The van der Waals surface area contributed by atoms with Gasteiger partial charge in [-0.1, -0.05) is 30.3 Å². The van der Waals surface area contributed by atoms with E-state index in [1.807, 2.05) is 72.8 Å². The molecule has 0 aliphatic rings. The van der Waals surface area contributed by atoms with E-state index in [1.165, 1.54) is 0 Å². The summed E-state index contributed by atoms with van der Waals surface area (Å²) in [6.07, 6.45) is 0. The molecule has 110 valence electrons. The van der Waals surface area contributed by atoms with Crippen molar-refractivity contribution < 1.29 is 9.47 Å². The third-order valence-electron chi connectivity index (χ3n) is 3.40. The third-order valence-corrected chi connectivity index (χ3v) is 3.40. The zero-order valence-electron chi connectivity index (χ0n) is 12.3. The van der Waals surface area contributed by atoms with E-state index in [4.69, 9.17) is 15.2 Å². The number of hydrogen-bond acceptors (Lipinski definition) is 3. The molecule has 3 aromatic rings. The molecule has 0 fully saturated rings. The molecule has 0 radical (unpaired) electrons. The molecule has 0 bridgehead atoms. The summed E-state index contributed by atoms with van der Waals surface area (Å²) in [5.41, 5.74) is 8.59. The molecule has 0 aliphatic heterocycles. The fourth-order valence-electron chi connectivity index (χ4n) is 2.23. The van der Waals surface area contributed by atoms with E-state index >= 15 is 0 Å². The molecule has 0 unspecified atom stereocenters. The monoisotopic (exact) mass is 291 g/mol. The first-order valence-corrected chi connectivity index (χ1v) is 7.03. The highest BCUT2D eigenvalue weighted by molar-refractivity contribution is 5.72. The largest absolute Gasteiger partial charge is 0.497 e. The van der Waals surface area contributed by atoms with Gasteiger partial charge in [-0.2, -0.15) is 0 Å². The van der Waals surface area contributed by atoms with E-state index in [9.17, 15) is 0 Å². The number of anilines is 1. The van der Waals surface area contributed by atoms with E-state index in [2.05, 4.69) is 0 Å². The molecule has 22 heavy (non-hydrogen) atoms. The Balaban J connectivity index is 1.92. The van der Waals surface area contributed by atoms with Gasteiger partial charge in [0.1, 0.15) is 17.2 Å². The normalized spacial score (nSPS) is 10.2. The number of rotatable bonds is 4. The number of hydrogen-bond donors (Lipinski definition) is 1. The maximum Gasteiger partial charge on any atom is 0.135 e. The van der Waals surface area contributed by atoms with Gasteiger partial charge >= 0.3 is 0 Å². The lowest BCUT2D eigenvalue weighted by Crippen LogP contribution is -1.89. The van der Waals surface area contributed by atoms with Gasteiger partial charge in [0, 0.05) is 11.3 Å². The zero-order chi connectivity index (χ0) is 15.4. The van der Waals surface area contributed by atoms with Crippen molar-refractivity contribution in [2.45, 2.75) is 0 Å². The standard InChI is InChI=1S/C19H17NO2/c1-21-16-10-12-17(13-11-16)22-19-5-3-2-4-18(19)14-6-8-15(20)9-7-14/h2-13H,20H2,1H3. The van der Waals surface area contributed by atoms with Crippen molar-refractivity contribution in [3.8, 4) is 28.4 Å². The van der Waals surface area contributed by atoms with E-state index < -0.39 is 0 Å². The van der Waals surface area contributed by atoms with E-state index in [-0.39, 0.29) is 0 Å². The number of para-hydroxylation sites is 1. The van der Waals surface area contributed by atoms with Crippen molar-refractivity contribution in [2.24, 2.45) is 0 Å². The molecule has 0 atom stereocenters. The van der Waals surface area contributed by atoms with Crippen LogP contribution in [-0.4, -0.2) is 7.11 Å². The molecular weight excluding hydrogens is 274 g/mol. The van der Waals surface area contributed by atoms with Gasteiger partial charge in [0.2, 0.25) is 0 Å². The molecule has 0 spiro atoms. The molecule has 0 aliphatic carbocycles. The van der Waals surface area contributed by atoms with Gasteiger partial charge in [-0.3, -0.25) is 0 Å². The fraction of sp³-hybridized carbons (Fsp3) is 0.0526. The van der Waals surface area contributed by atoms with Gasteiger partial charge in [-0.05, 0) is 48.0 Å². The first-order chi connectivity index (χ1) is 10.8. The quantitative estimate of drug-likeness (QED) is 0.706. The van der Waals surface area contributed by atoms with Crippen molar-refractivity contribution in [3.63, 3.8) is 0 Å². The molecule has 3 nitrogen and oxygen atoms in total. The smallest absolute Gasteiger partial charge is 0.135 e. The maximum atomic E-state index is 6.01. The third kappa shape index (κ3) is 3.04. The van der Waals surface area contributed by atoms with Gasteiger partial charge in [0.05, 0.1) is 7.11 Å². The van der Waals surface area contributed by atoms with Crippen molar-refractivity contribution in [1.82, 2.24) is 0 Å². The van der Waals surface area contributed by atoms with Crippen LogP contribution in [0.25, 0.3) is 11.1 Å². The molecule has 0 heterocycles. The second-order valence-corrected chi connectivity index (χ2v) is 4.90. The lowest BCUT2D eigenvalue weighted by Gasteiger charge is -2.12. The molecule has 2 N–H and O–H groups in total. The highest BCUT2D eigenvalue weighted by atomic mass is 16.5. The average molecular weight is 291 g/mol. The molecule has 0 saturated heterocycles. The summed E-state index contributed by atoms with van der Waals surface area (Å²) in [5.74, 6) is 2.38. The molecule has 0 amide bonds. The van der Waals surface area contributed by atoms with Crippen molar-refractivity contribution in [2.75, 3.05) is 12.8 Å². The fourth-order valence-corrected chi connectivity index (χ4v) is 2.23. The Morgan fingerprint density at radius 3 is 2.05 bits per heavy atom. The minimum atomic E-state index is 0.748. The summed E-state index contributed by atoms with van der Waals surface area (Å²) in [5, 5.41) is 0. The van der Waals surface area contributed by atoms with E-state index in [1.54, 1.807) is 7.11 Å². The van der Waals surface area contributed by atoms with Gasteiger partial charge in [-0.15, -0.1) is 0 Å². The summed E-state index contributed by atoms with van der Waals surface area (Å²) in [4.78, 5) is 0. The van der Waals surface area contributed by atoms with Crippen LogP contribution >= 0.6 is 0 Å². The van der Waals surface area contributed by atoms with Crippen molar-refractivity contribution in [1.29, 1.82) is 0 Å². The second-order valence-electron chi connectivity index (χ2n) is 4.90. The highest BCUT2D eigenvalue weighted by Gasteiger charge is 2.07. The van der Waals surface area contributed by atoms with Crippen LogP contribution in [0.1, 0.15) is 0 Å². The van der Waals surface area contributed by atoms with E-state index in [0.29, 0.717) is 0 Å². The van der Waals surface area contributed by atoms with Crippen LogP contribution in [-0.2, 0) is 0 Å². The molecule has 3 heteroatoms. The lowest BCUT2D eigenvalue weighted by molar-refractivity contribution is 0.413. The molecular formula is C19H17NO2. The predicted molar refractivity (Wildman–Crippen MR) is 89.4 cm³/mol. The SMILES string of the molecule is COc1ccc(Oc2ccccc2-c2ccc(N)cc2)cc1.